The lowest BCUT2D eigenvalue weighted by Gasteiger charge is -2.08. The summed E-state index contributed by atoms with van der Waals surface area (Å²) in [6.07, 6.45) is 0. The zero-order valence-electron chi connectivity index (χ0n) is 9.94. The lowest BCUT2D eigenvalue weighted by molar-refractivity contribution is -0.385. The van der Waals surface area contributed by atoms with Gasteiger partial charge in [-0.1, -0.05) is 11.6 Å². The van der Waals surface area contributed by atoms with E-state index in [0.29, 0.717) is 0 Å². The van der Waals surface area contributed by atoms with E-state index in [4.69, 9.17) is 21.1 Å². The molecule has 0 fully saturated rings. The van der Waals surface area contributed by atoms with Gasteiger partial charge in [0.05, 0.1) is 28.7 Å². The third-order valence-electron chi connectivity index (χ3n) is 2.04. The molecule has 98 valence electrons. The molecule has 0 radical (unpaired) electrons. The van der Waals surface area contributed by atoms with Gasteiger partial charge < -0.3 is 9.47 Å². The normalized spacial score (nSPS) is 9.94. The first-order valence-corrected chi connectivity index (χ1v) is 5.66. The van der Waals surface area contributed by atoms with Gasteiger partial charge in [-0.3, -0.25) is 10.1 Å². The van der Waals surface area contributed by atoms with Gasteiger partial charge in [-0.25, -0.2) is 4.79 Å². The van der Waals surface area contributed by atoms with Crippen molar-refractivity contribution in [2.45, 2.75) is 13.8 Å². The van der Waals surface area contributed by atoms with E-state index in [1.807, 2.05) is 0 Å². The van der Waals surface area contributed by atoms with Crippen molar-refractivity contribution in [3.05, 3.63) is 32.8 Å². The molecular formula is C11H12ClNO5. The molecule has 18 heavy (non-hydrogen) atoms. The van der Waals surface area contributed by atoms with Crippen molar-refractivity contribution in [3.63, 3.8) is 0 Å². The van der Waals surface area contributed by atoms with Crippen LogP contribution in [0.3, 0.4) is 0 Å². The number of nitrogens with zero attached hydrogens (tertiary/aromatic N) is 1. The summed E-state index contributed by atoms with van der Waals surface area (Å²) in [4.78, 5) is 21.8. The topological polar surface area (TPSA) is 78.7 Å². The third-order valence-corrected chi connectivity index (χ3v) is 2.35. The van der Waals surface area contributed by atoms with E-state index in [9.17, 15) is 14.9 Å². The van der Waals surface area contributed by atoms with Crippen molar-refractivity contribution in [1.29, 1.82) is 0 Å². The standard InChI is InChI=1S/C11H12ClNO5/c1-3-17-10-6-8(12)7(11(14)18-4-2)5-9(10)13(15)16/h5-6H,3-4H2,1-2H3. The molecule has 1 aromatic rings. The van der Waals surface area contributed by atoms with Gasteiger partial charge in [0.2, 0.25) is 0 Å². The lowest BCUT2D eigenvalue weighted by Crippen LogP contribution is -2.07. The van der Waals surface area contributed by atoms with Crippen molar-refractivity contribution in [2.24, 2.45) is 0 Å². The summed E-state index contributed by atoms with van der Waals surface area (Å²) in [5, 5.41) is 10.9. The monoisotopic (exact) mass is 273 g/mol. The quantitative estimate of drug-likeness (QED) is 0.468. The van der Waals surface area contributed by atoms with E-state index in [2.05, 4.69) is 0 Å². The summed E-state index contributed by atoms with van der Waals surface area (Å²) in [7, 11) is 0. The van der Waals surface area contributed by atoms with Crippen molar-refractivity contribution in [3.8, 4) is 5.75 Å². The fraction of sp³-hybridized carbons (Fsp3) is 0.364. The van der Waals surface area contributed by atoms with Crippen molar-refractivity contribution < 1.29 is 19.2 Å². The van der Waals surface area contributed by atoms with Crippen LogP contribution in [0.2, 0.25) is 5.02 Å². The summed E-state index contributed by atoms with van der Waals surface area (Å²) in [6.45, 7) is 3.75. The number of esters is 1. The lowest BCUT2D eigenvalue weighted by atomic mass is 10.2. The smallest absolute Gasteiger partial charge is 0.339 e. The minimum Gasteiger partial charge on any atom is -0.487 e. The molecule has 0 aromatic heterocycles. The van der Waals surface area contributed by atoms with Gasteiger partial charge in [0.25, 0.3) is 0 Å². The number of carbonyl (C=O) groups is 1. The Kier molecular flexibility index (Phi) is 4.91. The predicted molar refractivity (Wildman–Crippen MR) is 65.2 cm³/mol. The van der Waals surface area contributed by atoms with Crippen LogP contribution in [0.25, 0.3) is 0 Å². The highest BCUT2D eigenvalue weighted by atomic mass is 35.5. The van der Waals surface area contributed by atoms with Gasteiger partial charge in [0.15, 0.2) is 5.75 Å². The third kappa shape index (κ3) is 3.10. The van der Waals surface area contributed by atoms with Gasteiger partial charge >= 0.3 is 11.7 Å². The average molecular weight is 274 g/mol. The maximum absolute atomic E-state index is 11.5. The highest BCUT2D eigenvalue weighted by molar-refractivity contribution is 6.33. The number of hydrogen-bond donors (Lipinski definition) is 0. The van der Waals surface area contributed by atoms with Crippen LogP contribution >= 0.6 is 11.6 Å². The van der Waals surface area contributed by atoms with E-state index < -0.39 is 10.9 Å². The molecule has 0 saturated heterocycles. The molecule has 6 nitrogen and oxygen atoms in total. The first kappa shape index (κ1) is 14.2. The molecule has 0 saturated carbocycles. The number of carbonyl (C=O) groups excluding carboxylic acids is 1. The first-order valence-electron chi connectivity index (χ1n) is 5.29. The van der Waals surface area contributed by atoms with E-state index in [1.54, 1.807) is 13.8 Å². The molecule has 0 aliphatic heterocycles. The zero-order chi connectivity index (χ0) is 13.7. The molecule has 0 N–H and O–H groups in total. The number of halogens is 1. The Balaban J connectivity index is 3.26. The van der Waals surface area contributed by atoms with Gasteiger partial charge in [-0.2, -0.15) is 0 Å². The maximum atomic E-state index is 11.5. The van der Waals surface area contributed by atoms with Crippen LogP contribution < -0.4 is 4.74 Å². The van der Waals surface area contributed by atoms with Crippen LogP contribution in [-0.2, 0) is 4.74 Å². The summed E-state index contributed by atoms with van der Waals surface area (Å²) in [6, 6.07) is 2.31. The second-order valence-electron chi connectivity index (χ2n) is 3.21. The van der Waals surface area contributed by atoms with Gasteiger partial charge in [0, 0.05) is 12.1 Å². The first-order chi connectivity index (χ1) is 8.51. The second kappa shape index (κ2) is 6.20. The zero-order valence-corrected chi connectivity index (χ0v) is 10.7. The van der Waals surface area contributed by atoms with Crippen molar-refractivity contribution >= 4 is 23.3 Å². The highest BCUT2D eigenvalue weighted by Crippen LogP contribution is 2.33. The van der Waals surface area contributed by atoms with Crippen LogP contribution in [-0.4, -0.2) is 24.1 Å². The van der Waals surface area contributed by atoms with E-state index in [-0.39, 0.29) is 35.2 Å². The summed E-state index contributed by atoms with van der Waals surface area (Å²) >= 11 is 5.87. The van der Waals surface area contributed by atoms with Crippen LogP contribution in [0.1, 0.15) is 24.2 Å². The summed E-state index contributed by atoms with van der Waals surface area (Å²) in [5.74, 6) is -0.672. The number of hydrogen-bond acceptors (Lipinski definition) is 5. The number of nitro groups is 1. The minimum absolute atomic E-state index is 0.0283. The average Bonchev–Trinajstić information content (AvgIpc) is 2.29. The molecular weight excluding hydrogens is 262 g/mol. The van der Waals surface area contributed by atoms with Gasteiger partial charge in [0.1, 0.15) is 0 Å². The van der Waals surface area contributed by atoms with Crippen molar-refractivity contribution in [2.75, 3.05) is 13.2 Å². The van der Waals surface area contributed by atoms with Crippen LogP contribution in [0.5, 0.6) is 5.75 Å². The number of rotatable bonds is 5. The van der Waals surface area contributed by atoms with Gasteiger partial charge in [-0.05, 0) is 13.8 Å². The molecule has 0 amide bonds. The molecule has 1 aromatic carbocycles. The fourth-order valence-corrected chi connectivity index (χ4v) is 1.55. The molecule has 0 bridgehead atoms. The van der Waals surface area contributed by atoms with Crippen LogP contribution in [0.4, 0.5) is 5.69 Å². The Bertz CT molecular complexity index is 475. The Morgan fingerprint density at radius 2 is 2.06 bits per heavy atom. The highest BCUT2D eigenvalue weighted by Gasteiger charge is 2.22. The predicted octanol–water partition coefficient (Wildman–Crippen LogP) is 2.82. The van der Waals surface area contributed by atoms with Gasteiger partial charge in [-0.15, -0.1) is 0 Å². The fourth-order valence-electron chi connectivity index (χ4n) is 1.32. The van der Waals surface area contributed by atoms with Crippen LogP contribution in [0.15, 0.2) is 12.1 Å². The minimum atomic E-state index is -0.700. The molecule has 0 unspecified atom stereocenters. The Hall–Kier alpha value is -1.82. The molecule has 0 atom stereocenters. The molecule has 0 heterocycles. The second-order valence-corrected chi connectivity index (χ2v) is 3.62. The number of nitro benzene ring substituents is 1. The van der Waals surface area contributed by atoms with E-state index >= 15 is 0 Å². The van der Waals surface area contributed by atoms with E-state index in [1.165, 1.54) is 6.07 Å². The summed E-state index contributed by atoms with van der Waals surface area (Å²) in [5.41, 5.74) is -0.363. The number of ether oxygens (including phenoxy) is 2. The van der Waals surface area contributed by atoms with Crippen LogP contribution in [0, 0.1) is 10.1 Å². The molecule has 0 aliphatic rings. The molecule has 7 heteroatoms. The number of benzene rings is 1. The molecule has 1 rings (SSSR count). The maximum Gasteiger partial charge on any atom is 0.339 e. The Morgan fingerprint density at radius 1 is 1.39 bits per heavy atom. The van der Waals surface area contributed by atoms with E-state index in [0.717, 1.165) is 6.07 Å². The SMILES string of the molecule is CCOC(=O)c1cc([N+](=O)[O-])c(OCC)cc1Cl. The molecule has 0 spiro atoms. The summed E-state index contributed by atoms with van der Waals surface area (Å²) < 4.78 is 9.85. The Morgan fingerprint density at radius 3 is 2.56 bits per heavy atom. The van der Waals surface area contributed by atoms with Crippen molar-refractivity contribution in [1.82, 2.24) is 0 Å². The molecule has 0 aliphatic carbocycles. The largest absolute Gasteiger partial charge is 0.487 e. The Labute approximate surface area is 109 Å².